The quantitative estimate of drug-likeness (QED) is 0.498. The van der Waals surface area contributed by atoms with Gasteiger partial charge in [0.2, 0.25) is 0 Å². The van der Waals surface area contributed by atoms with E-state index >= 15 is 0 Å². The van der Waals surface area contributed by atoms with Crippen LogP contribution in [0, 0.1) is 13.3 Å². The molecule has 0 saturated carbocycles. The molecule has 0 aromatic rings. The van der Waals surface area contributed by atoms with Crippen LogP contribution in [0.15, 0.2) is 0 Å². The monoisotopic (exact) mass is 128 g/mol. The molecule has 1 heteroatoms. The Balaban J connectivity index is 2.60. The summed E-state index contributed by atoms with van der Waals surface area (Å²) in [6, 6.07) is 0. The van der Waals surface area contributed by atoms with Crippen molar-refractivity contribution >= 4 is 0 Å². The second kappa shape index (κ2) is 7.96. The minimum Gasteiger partial charge on any atom is -0.381 e. The first-order valence-corrected chi connectivity index (χ1v) is 3.60. The Morgan fingerprint density at radius 1 is 1.56 bits per heavy atom. The average Bonchev–Trinajstić information content (AvgIpc) is 1.89. The fraction of sp³-hybridized carbons (Fsp3) is 0.750. The molecule has 0 aromatic heterocycles. The molecule has 0 fully saturated rings. The fourth-order valence-electron chi connectivity index (χ4n) is 0.496. The molecule has 0 aliphatic rings. The Morgan fingerprint density at radius 2 is 2.33 bits per heavy atom. The van der Waals surface area contributed by atoms with Gasteiger partial charge in [-0.3, -0.25) is 0 Å². The Morgan fingerprint density at radius 3 is 2.89 bits per heavy atom. The summed E-state index contributed by atoms with van der Waals surface area (Å²) in [7, 11) is 0. The Hall–Kier alpha value is -0.0400. The molecule has 0 heterocycles. The van der Waals surface area contributed by atoms with Gasteiger partial charge in [-0.2, -0.15) is 0 Å². The van der Waals surface area contributed by atoms with Crippen LogP contribution in [-0.2, 0) is 4.74 Å². The van der Waals surface area contributed by atoms with Gasteiger partial charge in [0.25, 0.3) is 0 Å². The molecule has 0 atom stereocenters. The van der Waals surface area contributed by atoms with Crippen molar-refractivity contribution in [2.24, 2.45) is 0 Å². The van der Waals surface area contributed by atoms with Crippen LogP contribution in [0.5, 0.6) is 0 Å². The maximum atomic E-state index is 5.22. The third kappa shape index (κ3) is 7.96. The van der Waals surface area contributed by atoms with Gasteiger partial charge in [-0.25, -0.2) is 0 Å². The smallest absolute Gasteiger partial charge is 0.0497 e. The molecule has 0 bridgehead atoms. The zero-order valence-electron chi connectivity index (χ0n) is 6.23. The van der Waals surface area contributed by atoms with Crippen molar-refractivity contribution in [3.63, 3.8) is 0 Å². The Labute approximate surface area is 58.4 Å². The topological polar surface area (TPSA) is 9.23 Å². The van der Waals surface area contributed by atoms with Gasteiger partial charge >= 0.3 is 0 Å². The van der Waals surface area contributed by atoms with E-state index in [4.69, 9.17) is 4.74 Å². The number of rotatable bonds is 6. The number of unbranched alkanes of at least 4 members (excludes halogenated alkanes) is 2. The second-order valence-corrected chi connectivity index (χ2v) is 2.01. The maximum Gasteiger partial charge on any atom is 0.0497 e. The van der Waals surface area contributed by atoms with Crippen molar-refractivity contribution in [3.05, 3.63) is 13.3 Å². The highest BCUT2D eigenvalue weighted by molar-refractivity contribution is 4.63. The molecule has 0 aliphatic carbocycles. The van der Waals surface area contributed by atoms with E-state index in [1.165, 1.54) is 12.8 Å². The summed E-state index contributed by atoms with van der Waals surface area (Å²) in [6.07, 6.45) is 5.29. The SMILES string of the molecule is [CH2]C[CH]COCCCC. The molecule has 0 rings (SSSR count). The first kappa shape index (κ1) is 8.96. The van der Waals surface area contributed by atoms with Gasteiger partial charge in [-0.15, -0.1) is 0 Å². The summed E-state index contributed by atoms with van der Waals surface area (Å²) in [6.45, 7) is 7.49. The normalized spacial score (nSPS) is 10.0. The molecule has 0 unspecified atom stereocenters. The van der Waals surface area contributed by atoms with Crippen molar-refractivity contribution in [2.45, 2.75) is 26.2 Å². The lowest BCUT2D eigenvalue weighted by molar-refractivity contribution is 0.150. The van der Waals surface area contributed by atoms with Crippen molar-refractivity contribution in [1.29, 1.82) is 0 Å². The van der Waals surface area contributed by atoms with Gasteiger partial charge in [0.15, 0.2) is 0 Å². The van der Waals surface area contributed by atoms with Gasteiger partial charge in [-0.05, 0) is 19.3 Å². The molecule has 0 spiro atoms. The van der Waals surface area contributed by atoms with E-state index in [-0.39, 0.29) is 0 Å². The van der Waals surface area contributed by atoms with Crippen molar-refractivity contribution in [1.82, 2.24) is 0 Å². The predicted octanol–water partition coefficient (Wildman–Crippen LogP) is 2.23. The number of hydrogen-bond acceptors (Lipinski definition) is 1. The Kier molecular flexibility index (Phi) is 7.92. The summed E-state index contributed by atoms with van der Waals surface area (Å²) < 4.78 is 5.22. The third-order valence-electron chi connectivity index (χ3n) is 1.08. The minimum atomic E-state index is 0.767. The standard InChI is InChI=1S/C8H16O/c1-3-5-7-9-8-6-4-2/h5H,1,3-4,6-8H2,2H3. The summed E-state index contributed by atoms with van der Waals surface area (Å²) >= 11 is 0. The molecule has 2 radical (unpaired) electrons. The maximum absolute atomic E-state index is 5.22. The Bertz CT molecular complexity index is 37.8. The molecule has 1 nitrogen and oxygen atoms in total. The minimum absolute atomic E-state index is 0.767. The molecular weight excluding hydrogens is 112 g/mol. The van der Waals surface area contributed by atoms with Gasteiger partial charge < -0.3 is 4.74 Å². The van der Waals surface area contributed by atoms with E-state index in [1.54, 1.807) is 0 Å². The van der Waals surface area contributed by atoms with Crippen molar-refractivity contribution in [2.75, 3.05) is 13.2 Å². The van der Waals surface area contributed by atoms with E-state index in [2.05, 4.69) is 13.8 Å². The van der Waals surface area contributed by atoms with Gasteiger partial charge in [-0.1, -0.05) is 20.3 Å². The summed E-state index contributed by atoms with van der Waals surface area (Å²) in [4.78, 5) is 0. The van der Waals surface area contributed by atoms with Gasteiger partial charge in [0.05, 0.1) is 0 Å². The molecule has 9 heavy (non-hydrogen) atoms. The lowest BCUT2D eigenvalue weighted by Gasteiger charge is -1.99. The highest BCUT2D eigenvalue weighted by Crippen LogP contribution is 1.90. The van der Waals surface area contributed by atoms with Crippen LogP contribution < -0.4 is 0 Å². The van der Waals surface area contributed by atoms with Crippen LogP contribution in [0.1, 0.15) is 26.2 Å². The average molecular weight is 128 g/mol. The molecule has 0 saturated heterocycles. The summed E-state index contributed by atoms with van der Waals surface area (Å²) in [5, 5.41) is 0. The number of hydrogen-bond donors (Lipinski definition) is 0. The molecular formula is C8H16O. The molecule has 0 aromatic carbocycles. The molecule has 0 amide bonds. The van der Waals surface area contributed by atoms with E-state index in [0.717, 1.165) is 19.6 Å². The van der Waals surface area contributed by atoms with Crippen LogP contribution in [0.2, 0.25) is 0 Å². The molecule has 0 aliphatic heterocycles. The van der Waals surface area contributed by atoms with E-state index < -0.39 is 0 Å². The number of ether oxygens (including phenoxy) is 1. The predicted molar refractivity (Wildman–Crippen MR) is 40.0 cm³/mol. The van der Waals surface area contributed by atoms with Crippen molar-refractivity contribution in [3.8, 4) is 0 Å². The fourth-order valence-corrected chi connectivity index (χ4v) is 0.496. The summed E-state index contributed by atoms with van der Waals surface area (Å²) in [5.74, 6) is 0. The van der Waals surface area contributed by atoms with Gasteiger partial charge in [0.1, 0.15) is 0 Å². The van der Waals surface area contributed by atoms with E-state index in [1.807, 2.05) is 6.42 Å². The lowest BCUT2D eigenvalue weighted by atomic mass is 10.3. The van der Waals surface area contributed by atoms with E-state index in [9.17, 15) is 0 Å². The second-order valence-electron chi connectivity index (χ2n) is 2.01. The highest BCUT2D eigenvalue weighted by atomic mass is 16.5. The summed E-state index contributed by atoms with van der Waals surface area (Å²) in [5.41, 5.74) is 0. The van der Waals surface area contributed by atoms with Crippen LogP contribution in [-0.4, -0.2) is 13.2 Å². The van der Waals surface area contributed by atoms with Crippen LogP contribution in [0.4, 0.5) is 0 Å². The molecule has 0 N–H and O–H groups in total. The lowest BCUT2D eigenvalue weighted by Crippen LogP contribution is -1.95. The first-order chi connectivity index (χ1) is 4.41. The zero-order chi connectivity index (χ0) is 6.95. The molecule has 54 valence electrons. The van der Waals surface area contributed by atoms with E-state index in [0.29, 0.717) is 0 Å². The van der Waals surface area contributed by atoms with Crippen LogP contribution in [0.3, 0.4) is 0 Å². The zero-order valence-corrected chi connectivity index (χ0v) is 6.23. The first-order valence-electron chi connectivity index (χ1n) is 3.60. The highest BCUT2D eigenvalue weighted by Gasteiger charge is 1.84. The third-order valence-corrected chi connectivity index (χ3v) is 1.08. The van der Waals surface area contributed by atoms with Gasteiger partial charge in [0, 0.05) is 13.2 Å². The largest absolute Gasteiger partial charge is 0.381 e. The van der Waals surface area contributed by atoms with Crippen molar-refractivity contribution < 1.29 is 4.74 Å². The van der Waals surface area contributed by atoms with Crippen LogP contribution >= 0.6 is 0 Å². The van der Waals surface area contributed by atoms with Crippen LogP contribution in [0.25, 0.3) is 0 Å².